The van der Waals surface area contributed by atoms with Crippen LogP contribution in [0.1, 0.15) is 10.4 Å². The predicted octanol–water partition coefficient (Wildman–Crippen LogP) is 0.547. The van der Waals surface area contributed by atoms with Crippen molar-refractivity contribution < 1.29 is 22.9 Å². The minimum Gasteiger partial charge on any atom is -0.748 e. The molecule has 1 unspecified atom stereocenters. The van der Waals surface area contributed by atoms with Crippen LogP contribution < -0.4 is 5.06 Å². The molecule has 0 spiro atoms. The van der Waals surface area contributed by atoms with Crippen molar-refractivity contribution >= 4 is 23.0 Å². The van der Waals surface area contributed by atoms with Crippen LogP contribution in [0, 0.1) is 0 Å². The van der Waals surface area contributed by atoms with E-state index in [0.717, 1.165) is 5.06 Å². The monoisotopic (exact) mass is 230 g/mol. The molecular weight excluding hydrogens is 222 g/mol. The number of carboxylic acid groups (broad SMARTS) is 1. The zero-order valence-corrected chi connectivity index (χ0v) is 8.56. The molecule has 0 radical (unpaired) electrons. The molecule has 6 nitrogen and oxygen atoms in total. The summed E-state index contributed by atoms with van der Waals surface area (Å²) in [7, 11) is 1.36. The zero-order valence-electron chi connectivity index (χ0n) is 7.75. The smallest absolute Gasteiger partial charge is 0.335 e. The van der Waals surface area contributed by atoms with Gasteiger partial charge in [-0.15, -0.1) is 0 Å². The number of hydrogen-bond donors (Lipinski definition) is 1. The Morgan fingerprint density at radius 1 is 1.60 bits per heavy atom. The summed E-state index contributed by atoms with van der Waals surface area (Å²) in [5.74, 6) is -1.09. The van der Waals surface area contributed by atoms with Crippen LogP contribution >= 0.6 is 0 Å². The lowest BCUT2D eigenvalue weighted by molar-refractivity contribution is 0.0697. The van der Waals surface area contributed by atoms with Gasteiger partial charge in [-0.1, -0.05) is 6.07 Å². The molecule has 0 aliphatic heterocycles. The van der Waals surface area contributed by atoms with Crippen molar-refractivity contribution in [2.45, 2.75) is 0 Å². The predicted molar refractivity (Wildman–Crippen MR) is 51.8 cm³/mol. The van der Waals surface area contributed by atoms with E-state index in [4.69, 9.17) is 5.11 Å². The maximum Gasteiger partial charge on any atom is 0.335 e. The van der Waals surface area contributed by atoms with Crippen LogP contribution in [0.3, 0.4) is 0 Å². The normalized spacial score (nSPS) is 12.1. The number of anilines is 1. The van der Waals surface area contributed by atoms with Gasteiger partial charge in [0.05, 0.1) is 11.3 Å². The van der Waals surface area contributed by atoms with E-state index in [-0.39, 0.29) is 5.56 Å². The van der Waals surface area contributed by atoms with Crippen LogP contribution in [-0.2, 0) is 15.6 Å². The Hall–Kier alpha value is -1.44. The minimum atomic E-state index is -2.68. The first-order valence-electron chi connectivity index (χ1n) is 3.85. The average molecular weight is 230 g/mol. The number of carbonyl (C=O) groups is 1. The summed E-state index contributed by atoms with van der Waals surface area (Å²) >= 11 is -2.68. The Bertz CT molecular complexity index is 394. The molecule has 82 valence electrons. The van der Waals surface area contributed by atoms with Gasteiger partial charge in [0.25, 0.3) is 0 Å². The maximum atomic E-state index is 10.6. The summed E-state index contributed by atoms with van der Waals surface area (Å²) in [6.07, 6.45) is 0. The number of carboxylic acids is 1. The molecular formula is C8H8NO5S-. The molecule has 0 saturated carbocycles. The van der Waals surface area contributed by atoms with Crippen LogP contribution in [0.15, 0.2) is 24.3 Å². The van der Waals surface area contributed by atoms with Gasteiger partial charge in [0.2, 0.25) is 0 Å². The molecule has 0 aromatic heterocycles. The van der Waals surface area contributed by atoms with Crippen molar-refractivity contribution in [3.05, 3.63) is 29.8 Å². The van der Waals surface area contributed by atoms with Crippen molar-refractivity contribution in [1.29, 1.82) is 0 Å². The number of rotatable bonds is 4. The molecule has 0 aliphatic rings. The van der Waals surface area contributed by atoms with Crippen molar-refractivity contribution in [3.8, 4) is 0 Å². The fraction of sp³-hybridized carbons (Fsp3) is 0.125. The summed E-state index contributed by atoms with van der Waals surface area (Å²) in [5, 5.41) is 9.65. The summed E-state index contributed by atoms with van der Waals surface area (Å²) in [6, 6.07) is 5.72. The molecule has 0 bridgehead atoms. The van der Waals surface area contributed by atoms with Crippen LogP contribution in [-0.4, -0.2) is 26.9 Å². The quantitative estimate of drug-likeness (QED) is 0.600. The summed E-state index contributed by atoms with van der Waals surface area (Å²) in [4.78, 5) is 10.6. The molecule has 1 atom stereocenters. The number of hydroxylamine groups is 1. The zero-order chi connectivity index (χ0) is 11.4. The lowest BCUT2D eigenvalue weighted by atomic mass is 10.2. The Balaban J connectivity index is 2.89. The van der Waals surface area contributed by atoms with E-state index in [1.54, 1.807) is 0 Å². The van der Waals surface area contributed by atoms with Gasteiger partial charge >= 0.3 is 5.97 Å². The summed E-state index contributed by atoms with van der Waals surface area (Å²) < 4.78 is 24.8. The number of hydrogen-bond acceptors (Lipinski definition) is 5. The molecule has 1 aromatic rings. The summed E-state index contributed by atoms with van der Waals surface area (Å²) in [5.41, 5.74) is 0.388. The molecule has 1 N–H and O–H groups in total. The first kappa shape index (κ1) is 11.6. The highest BCUT2D eigenvalue weighted by Crippen LogP contribution is 2.15. The Morgan fingerprint density at radius 3 is 2.80 bits per heavy atom. The molecule has 1 aromatic carbocycles. The highest BCUT2D eigenvalue weighted by molar-refractivity contribution is 7.74. The third kappa shape index (κ3) is 3.31. The first-order chi connectivity index (χ1) is 7.00. The van der Waals surface area contributed by atoms with Crippen LogP contribution in [0.4, 0.5) is 5.69 Å². The van der Waals surface area contributed by atoms with E-state index in [1.165, 1.54) is 31.3 Å². The van der Waals surface area contributed by atoms with Gasteiger partial charge in [0.1, 0.15) is 11.4 Å². The van der Waals surface area contributed by atoms with Crippen molar-refractivity contribution in [2.75, 3.05) is 12.1 Å². The number of aromatic carboxylic acids is 1. The Labute approximate surface area is 88.5 Å². The topological polar surface area (TPSA) is 89.9 Å². The molecule has 0 aliphatic carbocycles. The fourth-order valence-corrected chi connectivity index (χ4v) is 1.24. The summed E-state index contributed by atoms with van der Waals surface area (Å²) in [6.45, 7) is 0. The highest BCUT2D eigenvalue weighted by atomic mass is 32.2. The van der Waals surface area contributed by atoms with Gasteiger partial charge in [-0.2, -0.15) is 4.28 Å². The number of benzene rings is 1. The van der Waals surface area contributed by atoms with Gasteiger partial charge < -0.3 is 9.66 Å². The van der Waals surface area contributed by atoms with Crippen molar-refractivity contribution in [3.63, 3.8) is 0 Å². The molecule has 15 heavy (non-hydrogen) atoms. The van der Waals surface area contributed by atoms with Crippen molar-refractivity contribution in [1.82, 2.24) is 0 Å². The number of nitrogens with zero attached hydrogens (tertiary/aromatic N) is 1. The minimum absolute atomic E-state index is 0.0552. The van der Waals surface area contributed by atoms with Gasteiger partial charge in [-0.3, -0.25) is 0 Å². The molecule has 1 rings (SSSR count). The van der Waals surface area contributed by atoms with Crippen molar-refractivity contribution in [2.24, 2.45) is 0 Å². The largest absolute Gasteiger partial charge is 0.748 e. The van der Waals surface area contributed by atoms with Crippen LogP contribution in [0.2, 0.25) is 0 Å². The van der Waals surface area contributed by atoms with Gasteiger partial charge in [-0.25, -0.2) is 14.1 Å². The highest BCUT2D eigenvalue weighted by Gasteiger charge is 2.06. The van der Waals surface area contributed by atoms with E-state index in [9.17, 15) is 13.6 Å². The Kier molecular flexibility index (Phi) is 3.78. The van der Waals surface area contributed by atoms with Gasteiger partial charge in [-0.05, 0) is 18.2 Å². The molecule has 0 heterocycles. The fourth-order valence-electron chi connectivity index (χ4n) is 0.969. The lowest BCUT2D eigenvalue weighted by Gasteiger charge is -2.19. The van der Waals surface area contributed by atoms with E-state index in [2.05, 4.69) is 4.28 Å². The maximum absolute atomic E-state index is 10.6. The second-order valence-electron chi connectivity index (χ2n) is 2.63. The first-order valence-corrected chi connectivity index (χ1v) is 4.85. The molecule has 0 fully saturated rings. The van der Waals surface area contributed by atoms with Gasteiger partial charge in [0.15, 0.2) is 0 Å². The second kappa shape index (κ2) is 4.87. The van der Waals surface area contributed by atoms with Crippen LogP contribution in [0.5, 0.6) is 0 Å². The Morgan fingerprint density at radius 2 is 2.27 bits per heavy atom. The second-order valence-corrected chi connectivity index (χ2v) is 3.19. The molecule has 0 amide bonds. The lowest BCUT2D eigenvalue weighted by Crippen LogP contribution is -2.19. The third-order valence-corrected chi connectivity index (χ3v) is 1.97. The van der Waals surface area contributed by atoms with E-state index >= 15 is 0 Å². The third-order valence-electron chi connectivity index (χ3n) is 1.63. The SMILES string of the molecule is CN(OS(=O)[O-])c1cccc(C(=O)O)c1. The molecule has 0 saturated heterocycles. The molecule has 7 heteroatoms. The van der Waals surface area contributed by atoms with E-state index < -0.39 is 17.3 Å². The van der Waals surface area contributed by atoms with Gasteiger partial charge in [0, 0.05) is 7.05 Å². The van der Waals surface area contributed by atoms with Crippen LogP contribution in [0.25, 0.3) is 0 Å². The standard InChI is InChI=1S/C8H9NO5S/c1-9(14-15(12)13)7-4-2-3-6(5-7)8(10)11/h2-5H,1H3,(H,10,11)(H,12,13)/p-1. The average Bonchev–Trinajstić information content (AvgIpc) is 2.17. The van der Waals surface area contributed by atoms with E-state index in [1.807, 2.05) is 0 Å². The van der Waals surface area contributed by atoms with E-state index in [0.29, 0.717) is 5.69 Å².